The average Bonchev–Trinajstić information content (AvgIpc) is 2.99. The standard InChI is InChI=1S/C14H28N2O/c17-10-3-1-2-9-16(11-13-6-7-13)12-14-5-4-8-15-14/h13-15,17H,1-12H2. The van der Waals surface area contributed by atoms with Crippen LogP contribution in [0, 0.1) is 5.92 Å². The molecule has 1 unspecified atom stereocenters. The predicted octanol–water partition coefficient (Wildman–Crippen LogP) is 1.61. The lowest BCUT2D eigenvalue weighted by molar-refractivity contribution is 0.228. The molecule has 0 aromatic carbocycles. The highest BCUT2D eigenvalue weighted by Gasteiger charge is 2.26. The Hall–Kier alpha value is -0.120. The summed E-state index contributed by atoms with van der Waals surface area (Å²) in [6, 6.07) is 0.742. The van der Waals surface area contributed by atoms with Crippen LogP contribution in [0.5, 0.6) is 0 Å². The van der Waals surface area contributed by atoms with Gasteiger partial charge in [-0.05, 0) is 64.0 Å². The molecule has 2 N–H and O–H groups in total. The second-order valence-corrected chi connectivity index (χ2v) is 5.78. The third-order valence-electron chi connectivity index (χ3n) is 3.99. The maximum Gasteiger partial charge on any atom is 0.0431 e. The Kier molecular flexibility index (Phi) is 5.75. The minimum Gasteiger partial charge on any atom is -0.396 e. The van der Waals surface area contributed by atoms with Gasteiger partial charge in [0, 0.05) is 25.7 Å². The average molecular weight is 240 g/mol. The normalized spacial score (nSPS) is 24.7. The largest absolute Gasteiger partial charge is 0.396 e. The number of hydrogen-bond acceptors (Lipinski definition) is 3. The van der Waals surface area contributed by atoms with E-state index in [4.69, 9.17) is 5.11 Å². The molecular weight excluding hydrogens is 212 g/mol. The first-order valence-corrected chi connectivity index (χ1v) is 7.45. The van der Waals surface area contributed by atoms with Crippen molar-refractivity contribution in [2.75, 3.05) is 32.8 Å². The van der Waals surface area contributed by atoms with Gasteiger partial charge in [0.25, 0.3) is 0 Å². The Morgan fingerprint density at radius 2 is 1.94 bits per heavy atom. The molecule has 0 bridgehead atoms. The summed E-state index contributed by atoms with van der Waals surface area (Å²) in [5.41, 5.74) is 0. The number of nitrogens with one attached hydrogen (secondary N) is 1. The second-order valence-electron chi connectivity index (χ2n) is 5.78. The van der Waals surface area contributed by atoms with Crippen molar-refractivity contribution in [1.82, 2.24) is 10.2 Å². The van der Waals surface area contributed by atoms with E-state index in [1.807, 2.05) is 0 Å². The van der Waals surface area contributed by atoms with Gasteiger partial charge in [0.05, 0.1) is 0 Å². The third-order valence-corrected chi connectivity index (χ3v) is 3.99. The van der Waals surface area contributed by atoms with Gasteiger partial charge >= 0.3 is 0 Å². The number of unbranched alkanes of at least 4 members (excludes halogenated alkanes) is 2. The van der Waals surface area contributed by atoms with Crippen molar-refractivity contribution in [2.45, 2.75) is 51.0 Å². The Labute approximate surface area is 106 Å². The quantitative estimate of drug-likeness (QED) is 0.601. The Morgan fingerprint density at radius 3 is 2.59 bits per heavy atom. The zero-order valence-corrected chi connectivity index (χ0v) is 11.0. The van der Waals surface area contributed by atoms with E-state index in [1.165, 1.54) is 64.7 Å². The van der Waals surface area contributed by atoms with E-state index in [1.54, 1.807) is 0 Å². The van der Waals surface area contributed by atoms with Crippen LogP contribution in [0.1, 0.15) is 44.9 Å². The molecule has 2 fully saturated rings. The van der Waals surface area contributed by atoms with Crippen LogP contribution in [-0.4, -0.2) is 48.8 Å². The molecular formula is C14H28N2O. The molecule has 0 amide bonds. The molecule has 0 aromatic heterocycles. The first-order valence-electron chi connectivity index (χ1n) is 7.45. The zero-order valence-electron chi connectivity index (χ0n) is 11.0. The molecule has 1 aliphatic carbocycles. The van der Waals surface area contributed by atoms with E-state index in [0.717, 1.165) is 18.4 Å². The van der Waals surface area contributed by atoms with Gasteiger partial charge in [-0.3, -0.25) is 0 Å². The molecule has 0 spiro atoms. The minimum absolute atomic E-state index is 0.354. The maximum absolute atomic E-state index is 8.79. The first-order chi connectivity index (χ1) is 8.38. The van der Waals surface area contributed by atoms with E-state index in [9.17, 15) is 0 Å². The fraction of sp³-hybridized carbons (Fsp3) is 1.00. The van der Waals surface area contributed by atoms with Crippen LogP contribution in [0.2, 0.25) is 0 Å². The van der Waals surface area contributed by atoms with Crippen molar-refractivity contribution < 1.29 is 5.11 Å². The molecule has 3 nitrogen and oxygen atoms in total. The highest BCUT2D eigenvalue weighted by atomic mass is 16.2. The molecule has 1 atom stereocenters. The number of nitrogens with zero attached hydrogens (tertiary/aromatic N) is 1. The van der Waals surface area contributed by atoms with Gasteiger partial charge in [0.15, 0.2) is 0 Å². The van der Waals surface area contributed by atoms with Crippen LogP contribution >= 0.6 is 0 Å². The number of aliphatic hydroxyl groups is 1. The predicted molar refractivity (Wildman–Crippen MR) is 71.1 cm³/mol. The molecule has 3 heteroatoms. The minimum atomic E-state index is 0.354. The van der Waals surface area contributed by atoms with Crippen LogP contribution in [-0.2, 0) is 0 Å². The van der Waals surface area contributed by atoms with Crippen LogP contribution in [0.25, 0.3) is 0 Å². The van der Waals surface area contributed by atoms with Crippen LogP contribution < -0.4 is 5.32 Å². The molecule has 2 rings (SSSR count). The summed E-state index contributed by atoms with van der Waals surface area (Å²) in [6.07, 6.45) is 9.01. The topological polar surface area (TPSA) is 35.5 Å². The fourth-order valence-corrected chi connectivity index (χ4v) is 2.77. The Morgan fingerprint density at radius 1 is 1.06 bits per heavy atom. The van der Waals surface area contributed by atoms with Crippen LogP contribution in [0.3, 0.4) is 0 Å². The Bertz CT molecular complexity index is 200. The summed E-state index contributed by atoms with van der Waals surface area (Å²) < 4.78 is 0. The van der Waals surface area contributed by atoms with Gasteiger partial charge < -0.3 is 15.3 Å². The molecule has 1 heterocycles. The van der Waals surface area contributed by atoms with E-state index in [-0.39, 0.29) is 0 Å². The monoisotopic (exact) mass is 240 g/mol. The highest BCUT2D eigenvalue weighted by molar-refractivity contribution is 4.82. The third kappa shape index (κ3) is 5.36. The van der Waals surface area contributed by atoms with Crippen molar-refractivity contribution >= 4 is 0 Å². The van der Waals surface area contributed by atoms with Crippen molar-refractivity contribution in [3.05, 3.63) is 0 Å². The van der Waals surface area contributed by atoms with Gasteiger partial charge in [0.2, 0.25) is 0 Å². The summed E-state index contributed by atoms with van der Waals surface area (Å²) >= 11 is 0. The second kappa shape index (κ2) is 7.34. The van der Waals surface area contributed by atoms with E-state index >= 15 is 0 Å². The summed E-state index contributed by atoms with van der Waals surface area (Å²) in [7, 11) is 0. The molecule has 100 valence electrons. The molecule has 2 aliphatic rings. The molecule has 1 aliphatic heterocycles. The fourth-order valence-electron chi connectivity index (χ4n) is 2.77. The van der Waals surface area contributed by atoms with Crippen molar-refractivity contribution in [2.24, 2.45) is 5.92 Å². The first kappa shape index (κ1) is 13.3. The molecule has 0 radical (unpaired) electrons. The molecule has 17 heavy (non-hydrogen) atoms. The maximum atomic E-state index is 8.79. The Balaban J connectivity index is 1.63. The lowest BCUT2D eigenvalue weighted by atomic mass is 10.2. The summed E-state index contributed by atoms with van der Waals surface area (Å²) in [5.74, 6) is 0.995. The zero-order chi connectivity index (χ0) is 11.9. The number of aliphatic hydroxyl groups excluding tert-OH is 1. The van der Waals surface area contributed by atoms with Gasteiger partial charge in [0.1, 0.15) is 0 Å². The summed E-state index contributed by atoms with van der Waals surface area (Å²) in [6.45, 7) is 5.36. The van der Waals surface area contributed by atoms with Gasteiger partial charge in [-0.1, -0.05) is 0 Å². The highest BCUT2D eigenvalue weighted by Crippen LogP contribution is 2.30. The lowest BCUT2D eigenvalue weighted by Gasteiger charge is -2.25. The molecule has 0 aromatic rings. The smallest absolute Gasteiger partial charge is 0.0431 e. The summed E-state index contributed by atoms with van der Waals surface area (Å²) in [5, 5.41) is 12.4. The van der Waals surface area contributed by atoms with Crippen molar-refractivity contribution in [1.29, 1.82) is 0 Å². The molecule has 1 saturated carbocycles. The van der Waals surface area contributed by atoms with Crippen molar-refractivity contribution in [3.63, 3.8) is 0 Å². The van der Waals surface area contributed by atoms with Crippen LogP contribution in [0.15, 0.2) is 0 Å². The SMILES string of the molecule is OCCCCCN(CC1CC1)CC1CCCN1. The van der Waals surface area contributed by atoms with Gasteiger partial charge in [-0.15, -0.1) is 0 Å². The van der Waals surface area contributed by atoms with E-state index < -0.39 is 0 Å². The number of rotatable bonds is 9. The summed E-state index contributed by atoms with van der Waals surface area (Å²) in [4.78, 5) is 2.66. The lowest BCUT2D eigenvalue weighted by Crippen LogP contribution is -2.39. The van der Waals surface area contributed by atoms with Crippen molar-refractivity contribution in [3.8, 4) is 0 Å². The molecule has 1 saturated heterocycles. The van der Waals surface area contributed by atoms with E-state index in [0.29, 0.717) is 6.61 Å². The van der Waals surface area contributed by atoms with Gasteiger partial charge in [-0.25, -0.2) is 0 Å². The number of hydrogen-bond donors (Lipinski definition) is 2. The van der Waals surface area contributed by atoms with E-state index in [2.05, 4.69) is 10.2 Å². The van der Waals surface area contributed by atoms with Gasteiger partial charge in [-0.2, -0.15) is 0 Å². The van der Waals surface area contributed by atoms with Crippen LogP contribution in [0.4, 0.5) is 0 Å².